The second-order valence-electron chi connectivity index (χ2n) is 5.50. The number of benzene rings is 1. The Bertz CT molecular complexity index is 600. The van der Waals surface area contributed by atoms with Crippen molar-refractivity contribution in [1.82, 2.24) is 9.55 Å². The normalized spacial score (nSPS) is 19.6. The fourth-order valence-electron chi connectivity index (χ4n) is 2.77. The van der Waals surface area contributed by atoms with Gasteiger partial charge in [0.25, 0.3) is 0 Å². The quantitative estimate of drug-likeness (QED) is 0.935. The van der Waals surface area contributed by atoms with Crippen LogP contribution in [0.4, 0.5) is 5.95 Å². The van der Waals surface area contributed by atoms with Gasteiger partial charge in [-0.05, 0) is 38.8 Å². The fraction of sp³-hybridized carbons (Fsp3) is 0.533. The highest BCUT2D eigenvalue weighted by Crippen LogP contribution is 2.32. The molecule has 0 amide bonds. The van der Waals surface area contributed by atoms with Crippen molar-refractivity contribution in [3.63, 3.8) is 0 Å². The molecule has 2 N–H and O–H groups in total. The lowest BCUT2D eigenvalue weighted by Gasteiger charge is -2.24. The van der Waals surface area contributed by atoms with E-state index in [2.05, 4.69) is 9.55 Å². The number of anilines is 1. The Balaban J connectivity index is 2.06. The van der Waals surface area contributed by atoms with Crippen molar-refractivity contribution in [2.24, 2.45) is 0 Å². The van der Waals surface area contributed by atoms with Gasteiger partial charge in [0, 0.05) is 6.61 Å². The molecular weight excluding hydrogens is 254 g/mol. The highest BCUT2D eigenvalue weighted by molar-refractivity contribution is 5.84. The molecule has 1 fully saturated rings. The Hall–Kier alpha value is -1.75. The SMILES string of the molecule is CC(C)Oc1cccc2c1nc(N)n2C1CCCOC1. The van der Waals surface area contributed by atoms with Gasteiger partial charge in [-0.2, -0.15) is 0 Å². The van der Waals surface area contributed by atoms with Gasteiger partial charge in [0.15, 0.2) is 0 Å². The first-order valence-electron chi connectivity index (χ1n) is 7.17. The maximum atomic E-state index is 6.12. The van der Waals surface area contributed by atoms with Gasteiger partial charge in [0.1, 0.15) is 11.3 Å². The summed E-state index contributed by atoms with van der Waals surface area (Å²) in [6, 6.07) is 6.24. The van der Waals surface area contributed by atoms with Crippen LogP contribution in [0.2, 0.25) is 0 Å². The molecule has 0 saturated carbocycles. The van der Waals surface area contributed by atoms with Crippen molar-refractivity contribution in [3.05, 3.63) is 18.2 Å². The van der Waals surface area contributed by atoms with E-state index < -0.39 is 0 Å². The predicted octanol–water partition coefficient (Wildman–Crippen LogP) is 2.76. The fourth-order valence-corrected chi connectivity index (χ4v) is 2.77. The van der Waals surface area contributed by atoms with E-state index >= 15 is 0 Å². The molecule has 1 atom stereocenters. The number of hydrogen-bond donors (Lipinski definition) is 1. The van der Waals surface area contributed by atoms with E-state index in [9.17, 15) is 0 Å². The first-order chi connectivity index (χ1) is 9.66. The lowest BCUT2D eigenvalue weighted by Crippen LogP contribution is -2.22. The Morgan fingerprint density at radius 2 is 2.30 bits per heavy atom. The van der Waals surface area contributed by atoms with Crippen LogP contribution in [-0.2, 0) is 4.74 Å². The van der Waals surface area contributed by atoms with Crippen LogP contribution in [0.3, 0.4) is 0 Å². The van der Waals surface area contributed by atoms with E-state index in [1.807, 2.05) is 32.0 Å². The number of nitrogens with zero attached hydrogens (tertiary/aromatic N) is 2. The molecule has 2 heterocycles. The van der Waals surface area contributed by atoms with Crippen LogP contribution in [0.1, 0.15) is 32.7 Å². The monoisotopic (exact) mass is 275 g/mol. The van der Waals surface area contributed by atoms with E-state index in [1.54, 1.807) is 0 Å². The van der Waals surface area contributed by atoms with E-state index in [0.29, 0.717) is 12.6 Å². The lowest BCUT2D eigenvalue weighted by atomic mass is 10.1. The second-order valence-corrected chi connectivity index (χ2v) is 5.50. The van der Waals surface area contributed by atoms with Crippen LogP contribution >= 0.6 is 0 Å². The standard InChI is InChI=1S/C15H21N3O2/c1-10(2)20-13-7-3-6-12-14(13)17-15(16)18(12)11-5-4-8-19-9-11/h3,6-7,10-11H,4-5,8-9H2,1-2H3,(H2,16,17). The molecule has 0 spiro atoms. The van der Waals surface area contributed by atoms with Gasteiger partial charge in [0.05, 0.1) is 24.3 Å². The zero-order valence-corrected chi connectivity index (χ0v) is 12.0. The van der Waals surface area contributed by atoms with Crippen LogP contribution in [-0.4, -0.2) is 28.9 Å². The molecule has 1 unspecified atom stereocenters. The van der Waals surface area contributed by atoms with Crippen molar-refractivity contribution < 1.29 is 9.47 Å². The Morgan fingerprint density at radius 3 is 3.00 bits per heavy atom. The molecule has 0 radical (unpaired) electrons. The summed E-state index contributed by atoms with van der Waals surface area (Å²) in [7, 11) is 0. The molecule has 5 heteroatoms. The van der Waals surface area contributed by atoms with Crippen LogP contribution in [0.5, 0.6) is 5.75 Å². The smallest absolute Gasteiger partial charge is 0.201 e. The van der Waals surface area contributed by atoms with Gasteiger partial charge in [0.2, 0.25) is 5.95 Å². The van der Waals surface area contributed by atoms with Crippen LogP contribution in [0.15, 0.2) is 18.2 Å². The maximum absolute atomic E-state index is 6.12. The van der Waals surface area contributed by atoms with E-state index in [0.717, 1.165) is 36.2 Å². The molecule has 1 aliphatic heterocycles. The summed E-state index contributed by atoms with van der Waals surface area (Å²) in [5, 5.41) is 0. The number of fused-ring (bicyclic) bond motifs is 1. The first kappa shape index (κ1) is 13.2. The molecule has 108 valence electrons. The number of aromatic nitrogens is 2. The minimum Gasteiger partial charge on any atom is -0.489 e. The average molecular weight is 275 g/mol. The summed E-state index contributed by atoms with van der Waals surface area (Å²) in [6.45, 7) is 5.55. The van der Waals surface area contributed by atoms with Gasteiger partial charge in [-0.3, -0.25) is 0 Å². The zero-order valence-electron chi connectivity index (χ0n) is 12.0. The van der Waals surface area contributed by atoms with Crippen molar-refractivity contribution >= 4 is 17.0 Å². The Kier molecular flexibility index (Phi) is 3.53. The summed E-state index contributed by atoms with van der Waals surface area (Å²) in [5.74, 6) is 1.33. The zero-order chi connectivity index (χ0) is 14.1. The van der Waals surface area contributed by atoms with Crippen molar-refractivity contribution in [1.29, 1.82) is 0 Å². The Labute approximate surface area is 118 Å². The molecule has 2 aromatic rings. The molecule has 3 rings (SSSR count). The third kappa shape index (κ3) is 2.33. The molecule has 1 aromatic carbocycles. The highest BCUT2D eigenvalue weighted by Gasteiger charge is 2.22. The topological polar surface area (TPSA) is 62.3 Å². The lowest BCUT2D eigenvalue weighted by molar-refractivity contribution is 0.0611. The molecule has 20 heavy (non-hydrogen) atoms. The summed E-state index contributed by atoms with van der Waals surface area (Å²) in [5.41, 5.74) is 7.99. The van der Waals surface area contributed by atoms with Crippen LogP contribution in [0, 0.1) is 0 Å². The van der Waals surface area contributed by atoms with Gasteiger partial charge in [-0.1, -0.05) is 6.07 Å². The second kappa shape index (κ2) is 5.32. The third-order valence-electron chi connectivity index (χ3n) is 3.57. The largest absolute Gasteiger partial charge is 0.489 e. The molecule has 1 saturated heterocycles. The number of nitrogens with two attached hydrogens (primary N) is 1. The molecular formula is C15H21N3O2. The minimum atomic E-state index is 0.116. The molecule has 5 nitrogen and oxygen atoms in total. The van der Waals surface area contributed by atoms with Gasteiger partial charge in [-0.15, -0.1) is 0 Å². The minimum absolute atomic E-state index is 0.116. The van der Waals surface area contributed by atoms with Crippen molar-refractivity contribution in [3.8, 4) is 5.75 Å². The summed E-state index contributed by atoms with van der Waals surface area (Å²) >= 11 is 0. The molecule has 1 aromatic heterocycles. The summed E-state index contributed by atoms with van der Waals surface area (Å²) < 4.78 is 13.5. The third-order valence-corrected chi connectivity index (χ3v) is 3.57. The maximum Gasteiger partial charge on any atom is 0.201 e. The van der Waals surface area contributed by atoms with Gasteiger partial charge < -0.3 is 19.8 Å². The number of para-hydroxylation sites is 1. The number of hydrogen-bond acceptors (Lipinski definition) is 4. The highest BCUT2D eigenvalue weighted by atomic mass is 16.5. The van der Waals surface area contributed by atoms with E-state index in [-0.39, 0.29) is 12.1 Å². The molecule has 0 bridgehead atoms. The Morgan fingerprint density at radius 1 is 1.45 bits per heavy atom. The number of ether oxygens (including phenoxy) is 2. The number of nitrogen functional groups attached to an aromatic ring is 1. The van der Waals surface area contributed by atoms with Gasteiger partial charge >= 0.3 is 0 Å². The van der Waals surface area contributed by atoms with Crippen molar-refractivity contribution in [2.75, 3.05) is 18.9 Å². The predicted molar refractivity (Wildman–Crippen MR) is 79.0 cm³/mol. The molecule has 1 aliphatic rings. The van der Waals surface area contributed by atoms with E-state index in [1.165, 1.54) is 0 Å². The average Bonchev–Trinajstić information content (AvgIpc) is 2.76. The van der Waals surface area contributed by atoms with Crippen LogP contribution < -0.4 is 10.5 Å². The van der Waals surface area contributed by atoms with Gasteiger partial charge in [-0.25, -0.2) is 4.98 Å². The van der Waals surface area contributed by atoms with Crippen molar-refractivity contribution in [2.45, 2.75) is 38.8 Å². The number of imidazole rings is 1. The summed E-state index contributed by atoms with van der Waals surface area (Å²) in [6.07, 6.45) is 2.25. The van der Waals surface area contributed by atoms with Crippen LogP contribution in [0.25, 0.3) is 11.0 Å². The van der Waals surface area contributed by atoms with E-state index in [4.69, 9.17) is 15.2 Å². The molecule has 0 aliphatic carbocycles. The number of rotatable bonds is 3. The summed E-state index contributed by atoms with van der Waals surface area (Å²) in [4.78, 5) is 4.50. The first-order valence-corrected chi connectivity index (χ1v) is 7.17.